The average Bonchev–Trinajstić information content (AvgIpc) is 3.07. The van der Waals surface area contributed by atoms with Crippen LogP contribution in [0.3, 0.4) is 0 Å². The van der Waals surface area contributed by atoms with E-state index in [4.69, 9.17) is 0 Å². The number of hydrogen-bond donors (Lipinski definition) is 0. The molecule has 5 rings (SSSR count). The van der Waals surface area contributed by atoms with Gasteiger partial charge in [0.15, 0.2) is 0 Å². The van der Waals surface area contributed by atoms with Crippen LogP contribution in [0.25, 0.3) is 37.4 Å². The Kier molecular flexibility index (Phi) is 3.62. The molecule has 0 aliphatic heterocycles. The summed E-state index contributed by atoms with van der Waals surface area (Å²) < 4.78 is 2.37. The molecule has 3 aromatic carbocycles. The zero-order valence-corrected chi connectivity index (χ0v) is 15.6. The molecule has 3 nitrogen and oxygen atoms in total. The highest BCUT2D eigenvalue weighted by Gasteiger charge is 2.23. The Morgan fingerprint density at radius 2 is 1.85 bits per heavy atom. The van der Waals surface area contributed by atoms with Gasteiger partial charge in [-0.05, 0) is 41.7 Å². The maximum atomic E-state index is 11.6. The quantitative estimate of drug-likeness (QED) is 0.286. The van der Waals surface area contributed by atoms with Crippen molar-refractivity contribution in [2.24, 2.45) is 5.92 Å². The van der Waals surface area contributed by atoms with E-state index in [1.54, 1.807) is 23.5 Å². The summed E-state index contributed by atoms with van der Waals surface area (Å²) in [7, 11) is 0. The number of nitro groups is 1. The second kappa shape index (κ2) is 6.03. The van der Waals surface area contributed by atoms with Gasteiger partial charge < -0.3 is 0 Å². The van der Waals surface area contributed by atoms with Crippen molar-refractivity contribution in [3.63, 3.8) is 0 Å². The van der Waals surface area contributed by atoms with E-state index in [-0.39, 0.29) is 10.6 Å². The maximum Gasteiger partial charge on any atom is 0.277 e. The van der Waals surface area contributed by atoms with E-state index < -0.39 is 0 Å². The van der Waals surface area contributed by atoms with Gasteiger partial charge in [-0.3, -0.25) is 10.1 Å². The number of nitrogens with zero attached hydrogens (tertiary/aromatic N) is 1. The summed E-state index contributed by atoms with van der Waals surface area (Å²) in [5, 5.41) is 14.1. The summed E-state index contributed by atoms with van der Waals surface area (Å²) >= 11 is 1.73. The Bertz CT molecular complexity index is 1250. The second-order valence-corrected chi connectivity index (χ2v) is 8.16. The molecular weight excluding hydrogens is 354 g/mol. The number of benzene rings is 3. The molecule has 0 N–H and O–H groups in total. The van der Waals surface area contributed by atoms with Crippen molar-refractivity contribution < 1.29 is 4.92 Å². The third-order valence-electron chi connectivity index (χ3n) is 5.31. The summed E-state index contributed by atoms with van der Waals surface area (Å²) in [6.45, 7) is 2.23. The Morgan fingerprint density at radius 1 is 1.07 bits per heavy atom. The smallest absolute Gasteiger partial charge is 0.258 e. The molecule has 1 unspecified atom stereocenters. The van der Waals surface area contributed by atoms with Gasteiger partial charge in [-0.2, -0.15) is 0 Å². The van der Waals surface area contributed by atoms with Crippen LogP contribution < -0.4 is 0 Å². The van der Waals surface area contributed by atoms with Gasteiger partial charge >= 0.3 is 0 Å². The second-order valence-electron chi connectivity index (χ2n) is 7.11. The predicted octanol–water partition coefficient (Wildman–Crippen LogP) is 6.84. The number of hydrogen-bond acceptors (Lipinski definition) is 3. The van der Waals surface area contributed by atoms with Gasteiger partial charge in [0.1, 0.15) is 0 Å². The Labute approximate surface area is 160 Å². The van der Waals surface area contributed by atoms with Crippen molar-refractivity contribution in [3.8, 4) is 11.1 Å². The van der Waals surface area contributed by atoms with Gasteiger partial charge in [-0.25, -0.2) is 0 Å². The zero-order chi connectivity index (χ0) is 18.5. The minimum absolute atomic E-state index is 0.157. The molecule has 0 radical (unpaired) electrons. The lowest BCUT2D eigenvalue weighted by molar-refractivity contribution is -0.384. The highest BCUT2D eigenvalue weighted by Crippen LogP contribution is 2.46. The normalized spacial score (nSPS) is 16.0. The molecule has 0 spiro atoms. The lowest BCUT2D eigenvalue weighted by Gasteiger charge is -2.19. The minimum Gasteiger partial charge on any atom is -0.258 e. The van der Waals surface area contributed by atoms with Crippen molar-refractivity contribution >= 4 is 43.3 Å². The number of para-hydroxylation sites is 1. The van der Waals surface area contributed by atoms with Crippen LogP contribution >= 0.6 is 11.3 Å². The van der Waals surface area contributed by atoms with E-state index in [0.717, 1.165) is 16.7 Å². The Hall–Kier alpha value is -2.98. The summed E-state index contributed by atoms with van der Waals surface area (Å²) in [6.07, 6.45) is 5.40. The molecule has 27 heavy (non-hydrogen) atoms. The van der Waals surface area contributed by atoms with Crippen molar-refractivity contribution in [3.05, 3.63) is 81.9 Å². The lowest BCUT2D eigenvalue weighted by Crippen LogP contribution is -2.04. The first-order valence-corrected chi connectivity index (χ1v) is 9.84. The molecule has 4 heteroatoms. The van der Waals surface area contributed by atoms with Crippen molar-refractivity contribution in [2.45, 2.75) is 13.3 Å². The van der Waals surface area contributed by atoms with Gasteiger partial charge in [0, 0.05) is 31.8 Å². The van der Waals surface area contributed by atoms with E-state index in [2.05, 4.69) is 49.4 Å². The Balaban J connectivity index is 1.95. The standard InChI is InChI=1S/C23H17NO2S/c1-14-10-11-15-13-19(16-6-2-4-8-20(16)24(25)26)23-22(18(15)12-14)17-7-3-5-9-21(17)27-23/h2-11,13-14H,12H2,1H3. The summed E-state index contributed by atoms with van der Waals surface area (Å²) in [5.74, 6) is 0.497. The molecule has 0 fully saturated rings. The largest absolute Gasteiger partial charge is 0.277 e. The van der Waals surface area contributed by atoms with Crippen LogP contribution in [-0.4, -0.2) is 4.92 Å². The van der Waals surface area contributed by atoms with Gasteiger partial charge in [0.2, 0.25) is 0 Å². The van der Waals surface area contributed by atoms with Gasteiger partial charge in [0.25, 0.3) is 5.69 Å². The zero-order valence-electron chi connectivity index (χ0n) is 14.8. The molecule has 132 valence electrons. The van der Waals surface area contributed by atoms with Gasteiger partial charge in [-0.15, -0.1) is 11.3 Å². The van der Waals surface area contributed by atoms with Gasteiger partial charge in [-0.1, -0.05) is 49.4 Å². The van der Waals surface area contributed by atoms with Crippen LogP contribution in [0.1, 0.15) is 18.1 Å². The summed E-state index contributed by atoms with van der Waals surface area (Å²) in [5.41, 5.74) is 4.34. The fourth-order valence-electron chi connectivity index (χ4n) is 4.07. The topological polar surface area (TPSA) is 43.1 Å². The SMILES string of the molecule is CC1C=Cc2cc(-c3ccccc3[N+](=O)[O-])c3sc4ccccc4c3c2C1. The number of thiophene rings is 1. The fourth-order valence-corrected chi connectivity index (χ4v) is 5.34. The number of rotatable bonds is 2. The molecule has 0 saturated heterocycles. The van der Waals surface area contributed by atoms with Crippen LogP contribution in [0.2, 0.25) is 0 Å². The molecular formula is C23H17NO2S. The first kappa shape index (κ1) is 16.2. The average molecular weight is 371 g/mol. The molecule has 1 aromatic heterocycles. The summed E-state index contributed by atoms with van der Waals surface area (Å²) in [4.78, 5) is 11.3. The summed E-state index contributed by atoms with van der Waals surface area (Å²) in [6, 6.07) is 17.6. The molecule has 0 bridgehead atoms. The van der Waals surface area contributed by atoms with Crippen LogP contribution in [0, 0.1) is 16.0 Å². The van der Waals surface area contributed by atoms with E-state index in [0.29, 0.717) is 11.5 Å². The maximum absolute atomic E-state index is 11.6. The van der Waals surface area contributed by atoms with Crippen LogP contribution in [0.4, 0.5) is 5.69 Å². The number of allylic oxidation sites excluding steroid dienone is 1. The third kappa shape index (κ3) is 2.48. The number of nitro benzene ring substituents is 1. The fraction of sp³-hybridized carbons (Fsp3) is 0.130. The molecule has 4 aromatic rings. The first-order valence-electron chi connectivity index (χ1n) is 9.02. The predicted molar refractivity (Wildman–Crippen MR) is 113 cm³/mol. The van der Waals surface area contributed by atoms with Crippen molar-refractivity contribution in [1.29, 1.82) is 0 Å². The van der Waals surface area contributed by atoms with Crippen LogP contribution in [-0.2, 0) is 6.42 Å². The monoisotopic (exact) mass is 371 g/mol. The first-order chi connectivity index (χ1) is 13.1. The van der Waals surface area contributed by atoms with E-state index >= 15 is 0 Å². The molecule has 1 aliphatic carbocycles. The van der Waals surface area contributed by atoms with Crippen molar-refractivity contribution in [2.75, 3.05) is 0 Å². The molecule has 0 saturated carbocycles. The highest BCUT2D eigenvalue weighted by atomic mass is 32.1. The van der Waals surface area contributed by atoms with E-state index in [1.165, 1.54) is 26.6 Å². The van der Waals surface area contributed by atoms with E-state index in [1.807, 2.05) is 12.1 Å². The minimum atomic E-state index is -0.286. The molecule has 1 aliphatic rings. The third-order valence-corrected chi connectivity index (χ3v) is 6.52. The molecule has 1 atom stereocenters. The lowest BCUT2D eigenvalue weighted by atomic mass is 9.85. The highest BCUT2D eigenvalue weighted by molar-refractivity contribution is 7.26. The van der Waals surface area contributed by atoms with Crippen molar-refractivity contribution in [1.82, 2.24) is 0 Å². The van der Waals surface area contributed by atoms with E-state index in [9.17, 15) is 10.1 Å². The Morgan fingerprint density at radius 3 is 2.70 bits per heavy atom. The molecule has 1 heterocycles. The van der Waals surface area contributed by atoms with Crippen LogP contribution in [0.15, 0.2) is 60.7 Å². The van der Waals surface area contributed by atoms with Gasteiger partial charge in [0.05, 0.1) is 10.5 Å². The molecule has 0 amide bonds. The van der Waals surface area contributed by atoms with Crippen LogP contribution in [0.5, 0.6) is 0 Å². The number of fused-ring (bicyclic) bond motifs is 5.